The van der Waals surface area contributed by atoms with Gasteiger partial charge in [-0.3, -0.25) is 0 Å². The van der Waals surface area contributed by atoms with Crippen LogP contribution in [0.1, 0.15) is 0 Å². The van der Waals surface area contributed by atoms with Crippen molar-refractivity contribution >= 4 is 6.72 Å². The summed E-state index contributed by atoms with van der Waals surface area (Å²) in [5, 5.41) is 5.63. The van der Waals surface area contributed by atoms with Crippen molar-refractivity contribution in [2.75, 3.05) is 14.1 Å². The van der Waals surface area contributed by atoms with Gasteiger partial charge in [-0.05, 0) is 6.72 Å². The van der Waals surface area contributed by atoms with Crippen LogP contribution in [0.4, 0.5) is 0 Å². The topological polar surface area (TPSA) is 36.4 Å². The van der Waals surface area contributed by atoms with Crippen LogP contribution in [0.15, 0.2) is 17.0 Å². The van der Waals surface area contributed by atoms with Gasteiger partial charge in [0, 0.05) is 20.3 Å². The van der Waals surface area contributed by atoms with Crippen LogP contribution in [0, 0.1) is 0 Å². The molecule has 0 aromatic rings. The number of aliphatic imine (C=N–C) groups is 1. The summed E-state index contributed by atoms with van der Waals surface area (Å²) >= 11 is 0. The molecule has 0 atom stereocenters. The number of nitrogens with zero attached hydrogens (tertiary/aromatic N) is 1. The highest BCUT2D eigenvalue weighted by Crippen LogP contribution is 1.81. The number of nitrogens with one attached hydrogen (secondary N) is 2. The average molecular weight is 113 g/mol. The minimum Gasteiger partial charge on any atom is -0.391 e. The molecule has 0 aliphatic carbocycles. The molecule has 0 aromatic carbocycles. The molecule has 0 amide bonds. The first-order valence-electron chi connectivity index (χ1n) is 2.37. The highest BCUT2D eigenvalue weighted by Gasteiger charge is 1.79. The molecule has 2 N–H and O–H groups in total. The van der Waals surface area contributed by atoms with Crippen LogP contribution < -0.4 is 10.6 Å². The van der Waals surface area contributed by atoms with Gasteiger partial charge in [0.1, 0.15) is 5.82 Å². The Hall–Kier alpha value is -0.990. The maximum Gasteiger partial charge on any atom is 0.140 e. The monoisotopic (exact) mass is 113 g/mol. The predicted molar refractivity (Wildman–Crippen MR) is 35.8 cm³/mol. The number of hydrogen-bond donors (Lipinski definition) is 2. The maximum atomic E-state index is 3.63. The van der Waals surface area contributed by atoms with Crippen LogP contribution >= 0.6 is 0 Å². The Balaban J connectivity index is 3.66. The quantitative estimate of drug-likeness (QED) is 0.502. The highest BCUT2D eigenvalue weighted by atomic mass is 15.0. The molecule has 0 rings (SSSR count). The maximum absolute atomic E-state index is 3.63. The van der Waals surface area contributed by atoms with E-state index in [1.165, 1.54) is 0 Å². The molecule has 0 bridgehead atoms. The molecule has 0 saturated carbocycles. The lowest BCUT2D eigenvalue weighted by Crippen LogP contribution is -2.07. The van der Waals surface area contributed by atoms with Crippen molar-refractivity contribution in [1.82, 2.24) is 10.6 Å². The van der Waals surface area contributed by atoms with E-state index >= 15 is 0 Å². The normalized spacial score (nSPS) is 10.5. The zero-order valence-corrected chi connectivity index (χ0v) is 5.23. The molecule has 0 aliphatic heterocycles. The second kappa shape index (κ2) is 4.18. The van der Waals surface area contributed by atoms with Gasteiger partial charge in [0.25, 0.3) is 0 Å². The van der Waals surface area contributed by atoms with Crippen LogP contribution in [-0.2, 0) is 0 Å². The van der Waals surface area contributed by atoms with Crippen molar-refractivity contribution < 1.29 is 0 Å². The van der Waals surface area contributed by atoms with E-state index in [-0.39, 0.29) is 0 Å². The average Bonchev–Trinajstić information content (AvgIpc) is 1.83. The summed E-state index contributed by atoms with van der Waals surface area (Å²) < 4.78 is 0. The number of rotatable bonds is 3. The molecule has 0 unspecified atom stereocenters. The summed E-state index contributed by atoms with van der Waals surface area (Å²) in [5.74, 6) is 0.743. The third kappa shape index (κ3) is 2.23. The van der Waals surface area contributed by atoms with Crippen molar-refractivity contribution in [3.8, 4) is 0 Å². The van der Waals surface area contributed by atoms with Gasteiger partial charge in [-0.15, -0.1) is 0 Å². The summed E-state index contributed by atoms with van der Waals surface area (Å²) in [6.07, 6.45) is 1.73. The molecular weight excluding hydrogens is 102 g/mol. The van der Waals surface area contributed by atoms with E-state index < -0.39 is 0 Å². The molecule has 3 nitrogen and oxygen atoms in total. The molecule has 0 aliphatic rings. The van der Waals surface area contributed by atoms with Gasteiger partial charge in [-0.2, -0.15) is 0 Å². The zero-order valence-electron chi connectivity index (χ0n) is 5.23. The second-order valence-electron chi connectivity index (χ2n) is 1.23. The smallest absolute Gasteiger partial charge is 0.140 e. The molecular formula is C5H11N3. The summed E-state index contributed by atoms with van der Waals surface area (Å²) in [4.78, 5) is 3.63. The first-order valence-corrected chi connectivity index (χ1v) is 2.37. The lowest BCUT2D eigenvalue weighted by Gasteiger charge is -1.96. The molecule has 0 fully saturated rings. The van der Waals surface area contributed by atoms with Crippen LogP contribution in [0.5, 0.6) is 0 Å². The predicted octanol–water partition coefficient (Wildman–Crippen LogP) is -0.0753. The van der Waals surface area contributed by atoms with Gasteiger partial charge in [0.2, 0.25) is 0 Å². The molecule has 3 heteroatoms. The van der Waals surface area contributed by atoms with Crippen molar-refractivity contribution in [3.63, 3.8) is 0 Å². The molecule has 0 saturated heterocycles. The van der Waals surface area contributed by atoms with Crippen LogP contribution in [0.2, 0.25) is 0 Å². The zero-order chi connectivity index (χ0) is 6.41. The van der Waals surface area contributed by atoms with Crippen LogP contribution in [-0.4, -0.2) is 20.8 Å². The van der Waals surface area contributed by atoms with Gasteiger partial charge in [-0.25, -0.2) is 4.99 Å². The Labute approximate surface area is 49.5 Å². The lowest BCUT2D eigenvalue weighted by atomic mass is 10.7. The summed E-state index contributed by atoms with van der Waals surface area (Å²) in [6, 6.07) is 0. The first kappa shape index (κ1) is 7.01. The minimum absolute atomic E-state index is 0.743. The Kier molecular flexibility index (Phi) is 3.66. The minimum atomic E-state index is 0.743. The van der Waals surface area contributed by atoms with Gasteiger partial charge >= 0.3 is 0 Å². The van der Waals surface area contributed by atoms with Crippen molar-refractivity contribution in [1.29, 1.82) is 0 Å². The number of hydrogen-bond acceptors (Lipinski definition) is 3. The molecule has 0 heterocycles. The summed E-state index contributed by atoms with van der Waals surface area (Å²) in [5.41, 5.74) is 0. The SMILES string of the molecule is C=N/C(=C\NC)NC. The van der Waals surface area contributed by atoms with E-state index in [9.17, 15) is 0 Å². The van der Waals surface area contributed by atoms with Gasteiger partial charge in [0.15, 0.2) is 0 Å². The molecule has 0 radical (unpaired) electrons. The fraction of sp³-hybridized carbons (Fsp3) is 0.400. The second-order valence-corrected chi connectivity index (χ2v) is 1.23. The molecule has 46 valence electrons. The van der Waals surface area contributed by atoms with Gasteiger partial charge in [0.05, 0.1) is 0 Å². The standard InChI is InChI=1S/C5H11N3/c1-6-4-5(7-2)8-3/h4,6,8H,2H2,1,3H3/b5-4+. The lowest BCUT2D eigenvalue weighted by molar-refractivity contribution is 0.927. The Morgan fingerprint density at radius 1 is 1.62 bits per heavy atom. The Bertz CT molecular complexity index is 95.8. The van der Waals surface area contributed by atoms with E-state index in [2.05, 4.69) is 22.3 Å². The fourth-order valence-electron chi connectivity index (χ4n) is 0.334. The molecule has 0 spiro atoms. The van der Waals surface area contributed by atoms with Crippen molar-refractivity contribution in [2.45, 2.75) is 0 Å². The Morgan fingerprint density at radius 3 is 2.38 bits per heavy atom. The fourth-order valence-corrected chi connectivity index (χ4v) is 0.334. The Morgan fingerprint density at radius 2 is 2.25 bits per heavy atom. The third-order valence-electron chi connectivity index (χ3n) is 0.708. The highest BCUT2D eigenvalue weighted by molar-refractivity contribution is 5.28. The first-order chi connectivity index (χ1) is 3.85. The third-order valence-corrected chi connectivity index (χ3v) is 0.708. The van der Waals surface area contributed by atoms with E-state index in [1.807, 2.05) is 7.05 Å². The van der Waals surface area contributed by atoms with Gasteiger partial charge in [-0.1, -0.05) is 0 Å². The largest absolute Gasteiger partial charge is 0.391 e. The van der Waals surface area contributed by atoms with Gasteiger partial charge < -0.3 is 10.6 Å². The summed E-state index contributed by atoms with van der Waals surface area (Å²) in [7, 11) is 3.60. The van der Waals surface area contributed by atoms with E-state index in [0.29, 0.717) is 0 Å². The summed E-state index contributed by atoms with van der Waals surface area (Å²) in [6.45, 7) is 3.33. The van der Waals surface area contributed by atoms with E-state index in [0.717, 1.165) is 5.82 Å². The van der Waals surface area contributed by atoms with E-state index in [4.69, 9.17) is 0 Å². The van der Waals surface area contributed by atoms with E-state index in [1.54, 1.807) is 13.2 Å². The van der Waals surface area contributed by atoms with Crippen molar-refractivity contribution in [3.05, 3.63) is 12.0 Å². The molecule has 0 aromatic heterocycles. The van der Waals surface area contributed by atoms with Crippen LogP contribution in [0.3, 0.4) is 0 Å². The van der Waals surface area contributed by atoms with Crippen molar-refractivity contribution in [2.24, 2.45) is 4.99 Å². The molecule has 8 heavy (non-hydrogen) atoms. The van der Waals surface area contributed by atoms with Crippen LogP contribution in [0.25, 0.3) is 0 Å².